The average molecular weight is 417 g/mol. The number of hydrogen-bond donors (Lipinski definition) is 2. The maximum Gasteiger partial charge on any atom is 0.199 e. The minimum atomic E-state index is -0.372. The third kappa shape index (κ3) is 4.75. The predicted molar refractivity (Wildman–Crippen MR) is 122 cm³/mol. The number of aromatic nitrogens is 1. The van der Waals surface area contributed by atoms with Crippen LogP contribution in [0.2, 0.25) is 0 Å². The molecule has 0 amide bonds. The van der Waals surface area contributed by atoms with E-state index >= 15 is 0 Å². The van der Waals surface area contributed by atoms with Gasteiger partial charge < -0.3 is 19.7 Å². The zero-order valence-electron chi connectivity index (χ0n) is 17.5. The largest absolute Gasteiger partial charge is 0.494 e. The van der Waals surface area contributed by atoms with Gasteiger partial charge >= 0.3 is 0 Å². The molecule has 4 aromatic rings. The van der Waals surface area contributed by atoms with Gasteiger partial charge in [0.25, 0.3) is 0 Å². The maximum absolute atomic E-state index is 13.7. The fraction of sp³-hybridized carbons (Fsp3) is 0.160. The highest BCUT2D eigenvalue weighted by molar-refractivity contribution is 6.21. The van der Waals surface area contributed by atoms with Crippen molar-refractivity contribution in [3.8, 4) is 11.6 Å². The first kappa shape index (κ1) is 20.6. The van der Waals surface area contributed by atoms with E-state index in [0.717, 1.165) is 23.5 Å². The highest BCUT2D eigenvalue weighted by Gasteiger charge is 2.19. The van der Waals surface area contributed by atoms with Gasteiger partial charge in [-0.25, -0.2) is 9.38 Å². The van der Waals surface area contributed by atoms with Crippen molar-refractivity contribution in [3.05, 3.63) is 89.7 Å². The quantitative estimate of drug-likeness (QED) is 0.410. The summed E-state index contributed by atoms with van der Waals surface area (Å²) >= 11 is 0. The average Bonchev–Trinajstić information content (AvgIpc) is 3.08. The highest BCUT2D eigenvalue weighted by Crippen LogP contribution is 2.32. The third-order valence-electron chi connectivity index (χ3n) is 4.91. The van der Waals surface area contributed by atoms with Gasteiger partial charge in [0, 0.05) is 17.5 Å². The second-order valence-electron chi connectivity index (χ2n) is 7.51. The van der Waals surface area contributed by atoms with E-state index in [9.17, 15) is 9.50 Å². The van der Waals surface area contributed by atoms with E-state index in [-0.39, 0.29) is 11.7 Å². The zero-order chi connectivity index (χ0) is 21.8. The molecule has 158 valence electrons. The van der Waals surface area contributed by atoms with Crippen molar-refractivity contribution >= 4 is 22.3 Å². The van der Waals surface area contributed by atoms with E-state index in [1.807, 2.05) is 68.7 Å². The first-order chi connectivity index (χ1) is 15.0. The van der Waals surface area contributed by atoms with E-state index in [4.69, 9.17) is 9.73 Å². The number of aromatic hydroxyl groups is 1. The van der Waals surface area contributed by atoms with Crippen LogP contribution in [-0.2, 0) is 0 Å². The predicted octanol–water partition coefficient (Wildman–Crippen LogP) is 5.12. The summed E-state index contributed by atoms with van der Waals surface area (Å²) < 4.78 is 19.4. The summed E-state index contributed by atoms with van der Waals surface area (Å²) in [6.45, 7) is 1.43. The lowest BCUT2D eigenvalue weighted by Crippen LogP contribution is -2.19. The standard InChI is InChI=1S/C25H24FN3O2/c1-29(2)14-15-31-20-11-9-19(10-12-20)27-24(17-6-4-3-5-7-17)23-21-13-8-18(26)16-22(21)28-25(23)30/h3-13,16,28,30H,14-15H2,1-2H3. The summed E-state index contributed by atoms with van der Waals surface area (Å²) in [5.41, 5.74) is 3.20. The zero-order valence-corrected chi connectivity index (χ0v) is 17.5. The van der Waals surface area contributed by atoms with Crippen LogP contribution < -0.4 is 4.74 Å². The van der Waals surface area contributed by atoms with Gasteiger partial charge in [-0.3, -0.25) is 0 Å². The number of aromatic amines is 1. The molecule has 0 saturated carbocycles. The third-order valence-corrected chi connectivity index (χ3v) is 4.91. The Hall–Kier alpha value is -3.64. The normalized spacial score (nSPS) is 11.9. The van der Waals surface area contributed by atoms with Crippen LogP contribution in [0.3, 0.4) is 0 Å². The summed E-state index contributed by atoms with van der Waals surface area (Å²) in [7, 11) is 4.00. The van der Waals surface area contributed by atoms with Crippen molar-refractivity contribution in [2.75, 3.05) is 27.2 Å². The monoisotopic (exact) mass is 417 g/mol. The molecule has 3 aromatic carbocycles. The Balaban J connectivity index is 1.74. The molecular formula is C25H24FN3O2. The van der Waals surface area contributed by atoms with Gasteiger partial charge in [0.1, 0.15) is 18.2 Å². The van der Waals surface area contributed by atoms with Gasteiger partial charge in [0.2, 0.25) is 0 Å². The van der Waals surface area contributed by atoms with Crippen molar-refractivity contribution < 1.29 is 14.2 Å². The van der Waals surface area contributed by atoms with Gasteiger partial charge in [-0.15, -0.1) is 0 Å². The van der Waals surface area contributed by atoms with Crippen LogP contribution in [0.1, 0.15) is 11.1 Å². The molecule has 0 spiro atoms. The Kier molecular flexibility index (Phi) is 6.00. The van der Waals surface area contributed by atoms with Crippen LogP contribution in [0.4, 0.5) is 10.1 Å². The Labute approximate surface area is 180 Å². The van der Waals surface area contributed by atoms with Crippen LogP contribution >= 0.6 is 0 Å². The maximum atomic E-state index is 13.7. The van der Waals surface area contributed by atoms with Gasteiger partial charge in [-0.2, -0.15) is 0 Å². The molecule has 0 aliphatic heterocycles. The smallest absolute Gasteiger partial charge is 0.199 e. The van der Waals surface area contributed by atoms with Crippen LogP contribution in [0.15, 0.2) is 77.8 Å². The number of nitrogens with zero attached hydrogens (tertiary/aromatic N) is 2. The molecule has 1 heterocycles. The number of aliphatic imine (C=N–C) groups is 1. The fourth-order valence-electron chi connectivity index (χ4n) is 3.35. The lowest BCUT2D eigenvalue weighted by Gasteiger charge is -2.11. The number of likely N-dealkylation sites (N-methyl/N-ethyl adjacent to an activating group) is 1. The summed E-state index contributed by atoms with van der Waals surface area (Å²) in [5, 5.41) is 11.3. The summed E-state index contributed by atoms with van der Waals surface area (Å²) in [5.74, 6) is 0.350. The molecule has 0 fully saturated rings. The van der Waals surface area contributed by atoms with Crippen molar-refractivity contribution in [1.29, 1.82) is 0 Å². The van der Waals surface area contributed by atoms with Crippen molar-refractivity contribution in [3.63, 3.8) is 0 Å². The molecule has 0 unspecified atom stereocenters. The number of fused-ring (bicyclic) bond motifs is 1. The fourth-order valence-corrected chi connectivity index (χ4v) is 3.35. The van der Waals surface area contributed by atoms with E-state index in [0.29, 0.717) is 28.8 Å². The second-order valence-corrected chi connectivity index (χ2v) is 7.51. The Morgan fingerprint density at radius 3 is 2.48 bits per heavy atom. The number of halogens is 1. The molecule has 6 heteroatoms. The Morgan fingerprint density at radius 1 is 1.03 bits per heavy atom. The molecule has 0 aliphatic carbocycles. The molecule has 0 radical (unpaired) electrons. The molecule has 1 aromatic heterocycles. The lowest BCUT2D eigenvalue weighted by atomic mass is 10.0. The molecule has 4 rings (SSSR count). The summed E-state index contributed by atoms with van der Waals surface area (Å²) in [4.78, 5) is 9.75. The van der Waals surface area contributed by atoms with Crippen LogP contribution in [0.5, 0.6) is 11.6 Å². The van der Waals surface area contributed by atoms with Crippen molar-refractivity contribution in [2.45, 2.75) is 0 Å². The molecule has 0 saturated heterocycles. The second kappa shape index (κ2) is 9.02. The van der Waals surface area contributed by atoms with Gasteiger partial charge in [-0.05, 0) is 56.6 Å². The lowest BCUT2D eigenvalue weighted by molar-refractivity contribution is 0.261. The molecular weight excluding hydrogens is 393 g/mol. The van der Waals surface area contributed by atoms with Gasteiger partial charge in [0.15, 0.2) is 5.88 Å². The molecule has 0 aliphatic rings. The van der Waals surface area contributed by atoms with Crippen LogP contribution in [-0.4, -0.2) is 47.9 Å². The molecule has 0 bridgehead atoms. The van der Waals surface area contributed by atoms with Crippen molar-refractivity contribution in [2.24, 2.45) is 4.99 Å². The molecule has 0 atom stereocenters. The van der Waals surface area contributed by atoms with Crippen molar-refractivity contribution in [1.82, 2.24) is 9.88 Å². The Morgan fingerprint density at radius 2 is 1.77 bits per heavy atom. The first-order valence-electron chi connectivity index (χ1n) is 10.0. The van der Waals surface area contributed by atoms with E-state index in [1.165, 1.54) is 12.1 Å². The number of hydrogen-bond acceptors (Lipinski definition) is 4. The number of H-pyrrole nitrogens is 1. The number of benzene rings is 3. The SMILES string of the molecule is CN(C)CCOc1ccc(N=C(c2ccccc2)c2c(O)[nH]c3cc(F)ccc23)cc1. The van der Waals surface area contributed by atoms with E-state index in [2.05, 4.69) is 9.88 Å². The highest BCUT2D eigenvalue weighted by atomic mass is 19.1. The van der Waals surface area contributed by atoms with Gasteiger partial charge in [0.05, 0.1) is 22.5 Å². The molecule has 2 N–H and O–H groups in total. The summed E-state index contributed by atoms with van der Waals surface area (Å²) in [6, 6.07) is 21.5. The van der Waals surface area contributed by atoms with Crippen LogP contribution in [0.25, 0.3) is 10.9 Å². The number of nitrogens with one attached hydrogen (secondary N) is 1. The van der Waals surface area contributed by atoms with E-state index in [1.54, 1.807) is 6.07 Å². The topological polar surface area (TPSA) is 60.9 Å². The first-order valence-corrected chi connectivity index (χ1v) is 10.0. The number of ether oxygens (including phenoxy) is 1. The number of rotatable bonds is 7. The molecule has 5 nitrogen and oxygen atoms in total. The molecule has 31 heavy (non-hydrogen) atoms. The van der Waals surface area contributed by atoms with Gasteiger partial charge in [-0.1, -0.05) is 30.3 Å². The Bertz CT molecular complexity index is 1200. The minimum absolute atomic E-state index is 0.0492. The summed E-state index contributed by atoms with van der Waals surface area (Å²) in [6.07, 6.45) is 0. The van der Waals surface area contributed by atoms with E-state index < -0.39 is 0 Å². The minimum Gasteiger partial charge on any atom is -0.494 e. The van der Waals surface area contributed by atoms with Crippen LogP contribution in [0, 0.1) is 5.82 Å².